The second-order valence-corrected chi connectivity index (χ2v) is 4.32. The first-order chi connectivity index (χ1) is 8.12. The Balaban J connectivity index is 2.54. The van der Waals surface area contributed by atoms with Crippen molar-refractivity contribution < 1.29 is 9.53 Å². The summed E-state index contributed by atoms with van der Waals surface area (Å²) in [7, 11) is 0. The van der Waals surface area contributed by atoms with Crippen LogP contribution < -0.4 is 5.73 Å². The van der Waals surface area contributed by atoms with Crippen molar-refractivity contribution in [3.05, 3.63) is 35.9 Å². The van der Waals surface area contributed by atoms with Crippen molar-refractivity contribution >= 4 is 5.97 Å². The van der Waals surface area contributed by atoms with Gasteiger partial charge in [-0.25, -0.2) is 0 Å². The van der Waals surface area contributed by atoms with Gasteiger partial charge in [-0.15, -0.1) is 0 Å². The maximum atomic E-state index is 11.9. The summed E-state index contributed by atoms with van der Waals surface area (Å²) in [5.74, 6) is -0.300. The van der Waals surface area contributed by atoms with Crippen molar-refractivity contribution in [1.29, 1.82) is 0 Å². The van der Waals surface area contributed by atoms with E-state index >= 15 is 0 Å². The van der Waals surface area contributed by atoms with Gasteiger partial charge in [0, 0.05) is 0 Å². The Hall–Kier alpha value is -1.35. The number of hydrogen-bond acceptors (Lipinski definition) is 3. The molecule has 0 aliphatic rings. The van der Waals surface area contributed by atoms with Crippen molar-refractivity contribution in [3.63, 3.8) is 0 Å². The molecule has 94 valence electrons. The zero-order valence-corrected chi connectivity index (χ0v) is 10.6. The van der Waals surface area contributed by atoms with Gasteiger partial charge in [-0.05, 0) is 18.4 Å². The lowest BCUT2D eigenvalue weighted by atomic mass is 9.92. The second-order valence-electron chi connectivity index (χ2n) is 4.32. The van der Waals surface area contributed by atoms with Gasteiger partial charge in [0.2, 0.25) is 0 Å². The lowest BCUT2D eigenvalue weighted by molar-refractivity contribution is -0.152. The van der Waals surface area contributed by atoms with Crippen molar-refractivity contribution in [2.75, 3.05) is 0 Å². The summed E-state index contributed by atoms with van der Waals surface area (Å²) in [5.41, 5.74) is 6.19. The highest BCUT2D eigenvalue weighted by Crippen LogP contribution is 2.17. The number of carbonyl (C=O) groups excluding carboxylic acids is 1. The third-order valence-corrected chi connectivity index (χ3v) is 2.95. The first-order valence-electron chi connectivity index (χ1n) is 6.12. The van der Waals surface area contributed by atoms with Crippen molar-refractivity contribution in [3.8, 4) is 0 Å². The molecule has 1 aromatic carbocycles. The van der Waals surface area contributed by atoms with Gasteiger partial charge >= 0.3 is 5.97 Å². The van der Waals surface area contributed by atoms with Gasteiger partial charge in [0.15, 0.2) is 0 Å². The van der Waals surface area contributed by atoms with E-state index in [1.807, 2.05) is 44.2 Å². The molecule has 0 amide bonds. The quantitative estimate of drug-likeness (QED) is 0.771. The lowest BCUT2D eigenvalue weighted by Gasteiger charge is -2.25. The van der Waals surface area contributed by atoms with E-state index in [4.69, 9.17) is 10.5 Å². The molecule has 0 heterocycles. The van der Waals surface area contributed by atoms with Crippen LogP contribution in [0.15, 0.2) is 30.3 Å². The monoisotopic (exact) mass is 235 g/mol. The molecule has 3 nitrogen and oxygen atoms in total. The van der Waals surface area contributed by atoms with Gasteiger partial charge < -0.3 is 10.5 Å². The molecule has 0 bridgehead atoms. The first kappa shape index (κ1) is 13.7. The molecular weight excluding hydrogens is 214 g/mol. The number of rotatable bonds is 6. The standard InChI is InChI=1S/C14H21NO2/c1-3-10-14(15,4-2)13(16)17-11-12-8-6-5-7-9-12/h5-9H,3-4,10-11,15H2,1-2H3. The van der Waals surface area contributed by atoms with Crippen LogP contribution in [0.25, 0.3) is 0 Å². The first-order valence-corrected chi connectivity index (χ1v) is 6.12. The molecule has 1 atom stereocenters. The van der Waals surface area contributed by atoms with Gasteiger partial charge in [-0.1, -0.05) is 50.6 Å². The molecule has 0 aliphatic heterocycles. The van der Waals surface area contributed by atoms with Crippen LogP contribution in [0.1, 0.15) is 38.7 Å². The Bertz CT molecular complexity index is 350. The van der Waals surface area contributed by atoms with E-state index in [2.05, 4.69) is 0 Å². The predicted molar refractivity (Wildman–Crippen MR) is 68.4 cm³/mol. The summed E-state index contributed by atoms with van der Waals surface area (Å²) in [6.45, 7) is 4.23. The normalized spacial score (nSPS) is 14.1. The van der Waals surface area contributed by atoms with Gasteiger partial charge in [-0.2, -0.15) is 0 Å². The zero-order chi connectivity index (χ0) is 12.7. The minimum absolute atomic E-state index is 0.294. The molecule has 0 saturated carbocycles. The molecule has 0 spiro atoms. The van der Waals surface area contributed by atoms with Crippen LogP contribution in [0.4, 0.5) is 0 Å². The van der Waals surface area contributed by atoms with E-state index < -0.39 is 5.54 Å². The summed E-state index contributed by atoms with van der Waals surface area (Å²) < 4.78 is 5.27. The fraction of sp³-hybridized carbons (Fsp3) is 0.500. The Morgan fingerprint density at radius 1 is 1.29 bits per heavy atom. The van der Waals surface area contributed by atoms with Crippen molar-refractivity contribution in [2.24, 2.45) is 5.73 Å². The van der Waals surface area contributed by atoms with E-state index in [1.165, 1.54) is 0 Å². The third-order valence-electron chi connectivity index (χ3n) is 2.95. The fourth-order valence-corrected chi connectivity index (χ4v) is 1.74. The van der Waals surface area contributed by atoms with Crippen LogP contribution in [0.2, 0.25) is 0 Å². The van der Waals surface area contributed by atoms with Gasteiger partial charge in [0.25, 0.3) is 0 Å². The topological polar surface area (TPSA) is 52.3 Å². The molecule has 0 aromatic heterocycles. The lowest BCUT2D eigenvalue weighted by Crippen LogP contribution is -2.48. The van der Waals surface area contributed by atoms with E-state index in [-0.39, 0.29) is 5.97 Å². The highest BCUT2D eigenvalue weighted by Gasteiger charge is 2.32. The number of nitrogens with two attached hydrogens (primary N) is 1. The maximum absolute atomic E-state index is 11.9. The summed E-state index contributed by atoms with van der Waals surface area (Å²) in [6, 6.07) is 9.63. The second kappa shape index (κ2) is 6.40. The summed E-state index contributed by atoms with van der Waals surface area (Å²) in [6.07, 6.45) is 2.15. The fourth-order valence-electron chi connectivity index (χ4n) is 1.74. The van der Waals surface area contributed by atoms with Gasteiger partial charge in [0.1, 0.15) is 12.1 Å². The van der Waals surface area contributed by atoms with Crippen LogP contribution >= 0.6 is 0 Å². The third kappa shape index (κ3) is 3.86. The molecule has 0 aliphatic carbocycles. The average Bonchev–Trinajstić information content (AvgIpc) is 2.37. The molecule has 1 unspecified atom stereocenters. The van der Waals surface area contributed by atoms with Crippen molar-refractivity contribution in [2.45, 2.75) is 45.3 Å². The summed E-state index contributed by atoms with van der Waals surface area (Å²) in [4.78, 5) is 11.9. The molecule has 2 N–H and O–H groups in total. The summed E-state index contributed by atoms with van der Waals surface area (Å²) in [5, 5.41) is 0. The van der Waals surface area contributed by atoms with Crippen LogP contribution in [-0.4, -0.2) is 11.5 Å². The van der Waals surface area contributed by atoms with Crippen LogP contribution in [0.5, 0.6) is 0 Å². The Morgan fingerprint density at radius 2 is 1.94 bits per heavy atom. The van der Waals surface area contributed by atoms with E-state index in [0.717, 1.165) is 12.0 Å². The highest BCUT2D eigenvalue weighted by molar-refractivity contribution is 5.80. The molecule has 3 heteroatoms. The minimum Gasteiger partial charge on any atom is -0.459 e. The SMILES string of the molecule is CCCC(N)(CC)C(=O)OCc1ccccc1. The highest BCUT2D eigenvalue weighted by atomic mass is 16.5. The number of esters is 1. The molecular formula is C14H21NO2. The van der Waals surface area contributed by atoms with E-state index in [1.54, 1.807) is 0 Å². The van der Waals surface area contributed by atoms with Crippen LogP contribution in [0.3, 0.4) is 0 Å². The van der Waals surface area contributed by atoms with Gasteiger partial charge in [0.05, 0.1) is 0 Å². The molecule has 1 aromatic rings. The minimum atomic E-state index is -0.830. The zero-order valence-electron chi connectivity index (χ0n) is 10.6. The molecule has 0 saturated heterocycles. The number of ether oxygens (including phenoxy) is 1. The predicted octanol–water partition coefficient (Wildman–Crippen LogP) is 2.64. The van der Waals surface area contributed by atoms with Crippen LogP contribution in [-0.2, 0) is 16.1 Å². The van der Waals surface area contributed by atoms with E-state index in [9.17, 15) is 4.79 Å². The van der Waals surface area contributed by atoms with E-state index in [0.29, 0.717) is 19.4 Å². The molecule has 1 rings (SSSR count). The summed E-state index contributed by atoms with van der Waals surface area (Å²) >= 11 is 0. The largest absolute Gasteiger partial charge is 0.459 e. The average molecular weight is 235 g/mol. The Labute approximate surface area is 103 Å². The number of hydrogen-bond donors (Lipinski definition) is 1. The molecule has 0 fully saturated rings. The Morgan fingerprint density at radius 3 is 2.47 bits per heavy atom. The number of carbonyl (C=O) groups is 1. The maximum Gasteiger partial charge on any atom is 0.326 e. The molecule has 0 radical (unpaired) electrons. The Kier molecular flexibility index (Phi) is 5.16. The smallest absolute Gasteiger partial charge is 0.326 e. The van der Waals surface area contributed by atoms with Crippen LogP contribution in [0, 0.1) is 0 Å². The van der Waals surface area contributed by atoms with Gasteiger partial charge in [-0.3, -0.25) is 4.79 Å². The number of benzene rings is 1. The molecule has 17 heavy (non-hydrogen) atoms. The van der Waals surface area contributed by atoms with Crippen molar-refractivity contribution in [1.82, 2.24) is 0 Å².